The standard InChI is InChI=1S/C25H28N4O5/c1-33-22(31)24-15-28(14-17-8-3-5-11-26-17)16-25(21(24)30,23(32)34-2)20(18-9-4-6-12-27-18)29-13-7-10-19(24)29/h3-6,8-9,11-12,19-20H,7,10,13-16H2,1-2H3. The van der Waals surface area contributed by atoms with E-state index < -0.39 is 40.6 Å². The summed E-state index contributed by atoms with van der Waals surface area (Å²) in [6.45, 7) is 1.28. The van der Waals surface area contributed by atoms with Crippen molar-refractivity contribution in [2.24, 2.45) is 10.8 Å². The van der Waals surface area contributed by atoms with Crippen molar-refractivity contribution in [1.29, 1.82) is 0 Å². The summed E-state index contributed by atoms with van der Waals surface area (Å²) in [5.74, 6) is -1.68. The molecule has 2 bridgehead atoms. The summed E-state index contributed by atoms with van der Waals surface area (Å²) in [5.41, 5.74) is -1.73. The highest BCUT2D eigenvalue weighted by molar-refractivity contribution is 6.17. The Balaban J connectivity index is 1.72. The van der Waals surface area contributed by atoms with Gasteiger partial charge >= 0.3 is 11.9 Å². The van der Waals surface area contributed by atoms with Gasteiger partial charge < -0.3 is 9.47 Å². The highest BCUT2D eigenvalue weighted by Crippen LogP contribution is 2.58. The van der Waals surface area contributed by atoms with E-state index in [0.29, 0.717) is 25.2 Å². The van der Waals surface area contributed by atoms with Crippen LogP contribution in [0, 0.1) is 10.8 Å². The molecule has 4 atom stereocenters. The van der Waals surface area contributed by atoms with Crippen LogP contribution in [0.5, 0.6) is 0 Å². The Morgan fingerprint density at radius 2 is 1.68 bits per heavy atom. The number of Topliss-reactive ketones (excluding diaryl/α,β-unsaturated/α-hetero) is 1. The molecule has 0 N–H and O–H groups in total. The van der Waals surface area contributed by atoms with Crippen LogP contribution in [-0.4, -0.2) is 77.4 Å². The van der Waals surface area contributed by atoms with Crippen molar-refractivity contribution in [1.82, 2.24) is 19.8 Å². The highest BCUT2D eigenvalue weighted by Gasteiger charge is 2.75. The van der Waals surface area contributed by atoms with Gasteiger partial charge in [-0.3, -0.25) is 34.2 Å². The van der Waals surface area contributed by atoms with Crippen molar-refractivity contribution in [3.63, 3.8) is 0 Å². The largest absolute Gasteiger partial charge is 0.468 e. The molecule has 3 aliphatic heterocycles. The number of ketones is 1. The van der Waals surface area contributed by atoms with E-state index in [1.807, 2.05) is 35.2 Å². The zero-order valence-electron chi connectivity index (χ0n) is 19.3. The van der Waals surface area contributed by atoms with Crippen LogP contribution in [0.25, 0.3) is 0 Å². The number of fused-ring (bicyclic) bond motifs is 4. The smallest absolute Gasteiger partial charge is 0.322 e. The fraction of sp³-hybridized carbons (Fsp3) is 0.480. The number of piperidine rings is 2. The van der Waals surface area contributed by atoms with Gasteiger partial charge in [0.05, 0.1) is 31.6 Å². The number of likely N-dealkylation sites (tertiary alicyclic amines) is 1. The van der Waals surface area contributed by atoms with Gasteiger partial charge in [-0.2, -0.15) is 0 Å². The summed E-state index contributed by atoms with van der Waals surface area (Å²) in [7, 11) is 2.58. The Morgan fingerprint density at radius 3 is 2.32 bits per heavy atom. The van der Waals surface area contributed by atoms with Crippen LogP contribution < -0.4 is 0 Å². The molecular formula is C25H28N4O5. The zero-order chi connectivity index (χ0) is 23.9. The van der Waals surface area contributed by atoms with Gasteiger partial charge in [0.2, 0.25) is 0 Å². The number of carbonyl (C=O) groups is 3. The highest BCUT2D eigenvalue weighted by atomic mass is 16.5. The van der Waals surface area contributed by atoms with Gasteiger partial charge in [-0.1, -0.05) is 12.1 Å². The molecule has 0 spiro atoms. The summed E-state index contributed by atoms with van der Waals surface area (Å²) >= 11 is 0. The predicted molar refractivity (Wildman–Crippen MR) is 120 cm³/mol. The Bertz CT molecular complexity index is 1100. The second kappa shape index (κ2) is 8.56. The molecule has 0 aliphatic carbocycles. The van der Waals surface area contributed by atoms with E-state index in [2.05, 4.69) is 14.9 Å². The number of ether oxygens (including phenoxy) is 2. The van der Waals surface area contributed by atoms with Crippen molar-refractivity contribution in [2.75, 3.05) is 33.9 Å². The summed E-state index contributed by atoms with van der Waals surface area (Å²) in [4.78, 5) is 54.7. The van der Waals surface area contributed by atoms with Gasteiger partial charge in [-0.25, -0.2) is 0 Å². The number of nitrogens with zero attached hydrogens (tertiary/aromatic N) is 4. The molecule has 9 heteroatoms. The molecule has 5 heterocycles. The van der Waals surface area contributed by atoms with Crippen molar-refractivity contribution >= 4 is 17.7 Å². The number of carbonyl (C=O) groups excluding carboxylic acids is 3. The molecule has 3 fully saturated rings. The molecule has 2 aromatic heterocycles. The maximum absolute atomic E-state index is 14.5. The number of aromatic nitrogens is 2. The monoisotopic (exact) mass is 464 g/mol. The van der Waals surface area contributed by atoms with Crippen LogP contribution in [0.3, 0.4) is 0 Å². The third kappa shape index (κ3) is 3.10. The number of methoxy groups -OCH3 is 2. The lowest BCUT2D eigenvalue weighted by molar-refractivity contribution is -0.202. The molecule has 5 rings (SSSR count). The molecule has 0 aromatic carbocycles. The number of esters is 2. The first-order chi connectivity index (χ1) is 16.5. The normalized spacial score (nSPS) is 31.1. The van der Waals surface area contributed by atoms with Crippen molar-refractivity contribution in [2.45, 2.75) is 31.5 Å². The van der Waals surface area contributed by atoms with E-state index in [4.69, 9.17) is 9.47 Å². The fourth-order valence-corrected chi connectivity index (χ4v) is 6.40. The average Bonchev–Trinajstić information content (AvgIpc) is 3.35. The SMILES string of the molecule is COC(=O)C12CN(Cc3ccccn3)CC(C(=O)OC)(C1=O)C(c1ccccn1)N1CCCC12. The lowest BCUT2D eigenvalue weighted by Gasteiger charge is -2.60. The molecule has 9 nitrogen and oxygen atoms in total. The second-order valence-corrected chi connectivity index (χ2v) is 9.27. The Morgan fingerprint density at radius 1 is 1.00 bits per heavy atom. The lowest BCUT2D eigenvalue weighted by Crippen LogP contribution is -2.77. The van der Waals surface area contributed by atoms with Gasteiger partial charge in [0.1, 0.15) is 0 Å². The third-order valence-electron chi connectivity index (χ3n) is 7.60. The van der Waals surface area contributed by atoms with Crippen LogP contribution in [0.15, 0.2) is 48.8 Å². The van der Waals surface area contributed by atoms with Crippen LogP contribution in [0.1, 0.15) is 30.3 Å². The van der Waals surface area contributed by atoms with Crippen LogP contribution in [0.2, 0.25) is 0 Å². The minimum atomic E-state index is -1.63. The minimum absolute atomic E-state index is 0.0955. The van der Waals surface area contributed by atoms with Crippen molar-refractivity contribution < 1.29 is 23.9 Å². The first kappa shape index (κ1) is 22.6. The van der Waals surface area contributed by atoms with E-state index in [-0.39, 0.29) is 13.1 Å². The van der Waals surface area contributed by atoms with Crippen LogP contribution >= 0.6 is 0 Å². The van der Waals surface area contributed by atoms with Gasteiger partial charge in [0.25, 0.3) is 0 Å². The number of hydrogen-bond acceptors (Lipinski definition) is 9. The minimum Gasteiger partial charge on any atom is -0.468 e. The Labute approximate surface area is 198 Å². The molecule has 2 aromatic rings. The molecule has 0 amide bonds. The molecule has 0 saturated carbocycles. The summed E-state index contributed by atoms with van der Waals surface area (Å²) in [6.07, 6.45) is 4.82. The quantitative estimate of drug-likeness (QED) is 0.480. The van der Waals surface area contributed by atoms with Gasteiger partial charge in [0, 0.05) is 38.1 Å². The summed E-state index contributed by atoms with van der Waals surface area (Å²) in [5, 5.41) is 0. The Kier molecular flexibility index (Phi) is 5.69. The fourth-order valence-electron chi connectivity index (χ4n) is 6.40. The van der Waals surface area contributed by atoms with Crippen molar-refractivity contribution in [3.8, 4) is 0 Å². The third-order valence-corrected chi connectivity index (χ3v) is 7.60. The van der Waals surface area contributed by atoms with E-state index in [0.717, 1.165) is 12.1 Å². The topological polar surface area (TPSA) is 102 Å². The lowest BCUT2D eigenvalue weighted by atomic mass is 9.55. The second-order valence-electron chi connectivity index (χ2n) is 9.27. The molecule has 3 saturated heterocycles. The molecule has 4 unspecified atom stereocenters. The maximum atomic E-state index is 14.5. The molecular weight excluding hydrogens is 436 g/mol. The first-order valence-corrected chi connectivity index (χ1v) is 11.5. The number of hydrogen-bond donors (Lipinski definition) is 0. The molecule has 178 valence electrons. The number of pyridine rings is 2. The summed E-state index contributed by atoms with van der Waals surface area (Å²) in [6, 6.07) is 10.0. The average molecular weight is 465 g/mol. The Hall–Kier alpha value is -3.17. The van der Waals surface area contributed by atoms with E-state index in [9.17, 15) is 14.4 Å². The van der Waals surface area contributed by atoms with E-state index >= 15 is 0 Å². The van der Waals surface area contributed by atoms with E-state index in [1.54, 1.807) is 18.5 Å². The zero-order valence-corrected chi connectivity index (χ0v) is 19.3. The molecule has 3 aliphatic rings. The molecule has 34 heavy (non-hydrogen) atoms. The van der Waals surface area contributed by atoms with Crippen molar-refractivity contribution in [3.05, 3.63) is 60.2 Å². The van der Waals surface area contributed by atoms with Crippen LogP contribution in [0.4, 0.5) is 0 Å². The maximum Gasteiger partial charge on any atom is 0.322 e. The summed E-state index contributed by atoms with van der Waals surface area (Å²) < 4.78 is 10.5. The molecule has 0 radical (unpaired) electrons. The van der Waals surface area contributed by atoms with Gasteiger partial charge in [-0.05, 0) is 43.7 Å². The van der Waals surface area contributed by atoms with Crippen LogP contribution in [-0.2, 0) is 30.4 Å². The van der Waals surface area contributed by atoms with E-state index in [1.165, 1.54) is 14.2 Å². The van der Waals surface area contributed by atoms with Gasteiger partial charge in [-0.15, -0.1) is 0 Å². The predicted octanol–water partition coefficient (Wildman–Crippen LogP) is 1.40. The first-order valence-electron chi connectivity index (χ1n) is 11.5. The van der Waals surface area contributed by atoms with Gasteiger partial charge in [0.15, 0.2) is 16.6 Å². The number of rotatable bonds is 5.